The van der Waals surface area contributed by atoms with Gasteiger partial charge in [-0.3, -0.25) is 4.90 Å². The number of nitrogens with one attached hydrogen (secondary N) is 1. The normalized spacial score (nSPS) is 23.9. The Morgan fingerprint density at radius 1 is 1.64 bits per heavy atom. The number of morpholine rings is 1. The predicted octanol–water partition coefficient (Wildman–Crippen LogP) is -0.0170. The van der Waals surface area contributed by atoms with Gasteiger partial charge < -0.3 is 4.74 Å². The van der Waals surface area contributed by atoms with Gasteiger partial charge in [0.15, 0.2) is 0 Å². The zero-order valence-corrected chi connectivity index (χ0v) is 8.31. The molecule has 0 bridgehead atoms. The minimum Gasteiger partial charge on any atom is -0.367 e. The lowest BCUT2D eigenvalue weighted by atomic mass is 10.2. The molecule has 0 radical (unpaired) electrons. The molecular weight excluding hydrogens is 182 g/mol. The number of H-pyrrole nitrogens is 1. The molecule has 2 rings (SSSR count). The second kappa shape index (κ2) is 4.47. The van der Waals surface area contributed by atoms with Crippen LogP contribution in [0.5, 0.6) is 0 Å². The molecule has 1 fully saturated rings. The molecule has 1 aliphatic rings. The molecule has 6 nitrogen and oxygen atoms in total. The first-order valence-electron chi connectivity index (χ1n) is 4.97. The quantitative estimate of drug-likeness (QED) is 0.737. The van der Waals surface area contributed by atoms with Gasteiger partial charge in [0.25, 0.3) is 0 Å². The van der Waals surface area contributed by atoms with Gasteiger partial charge in [-0.25, -0.2) is 0 Å². The van der Waals surface area contributed by atoms with Crippen LogP contribution in [-0.2, 0) is 4.74 Å². The van der Waals surface area contributed by atoms with E-state index in [4.69, 9.17) is 4.74 Å². The zero-order chi connectivity index (χ0) is 9.80. The summed E-state index contributed by atoms with van der Waals surface area (Å²) in [6.07, 6.45) is 1.15. The molecule has 2 heterocycles. The maximum Gasteiger partial charge on any atom is 0.204 e. The van der Waals surface area contributed by atoms with Gasteiger partial charge in [0.1, 0.15) is 6.10 Å². The lowest BCUT2D eigenvalue weighted by Gasteiger charge is -2.30. The fraction of sp³-hybridized carbons (Fsp3) is 0.875. The lowest BCUT2D eigenvalue weighted by Crippen LogP contribution is -2.39. The Hall–Kier alpha value is -1.01. The third-order valence-electron chi connectivity index (χ3n) is 2.34. The van der Waals surface area contributed by atoms with Crippen molar-refractivity contribution in [1.82, 2.24) is 25.5 Å². The summed E-state index contributed by atoms with van der Waals surface area (Å²) in [4.78, 5) is 2.37. The highest BCUT2D eigenvalue weighted by Crippen LogP contribution is 2.17. The van der Waals surface area contributed by atoms with Crippen molar-refractivity contribution in [2.24, 2.45) is 0 Å². The van der Waals surface area contributed by atoms with Gasteiger partial charge in [-0.1, -0.05) is 12.1 Å². The summed E-state index contributed by atoms with van der Waals surface area (Å²) < 4.78 is 5.57. The molecule has 0 saturated carbocycles. The first-order chi connectivity index (χ1) is 6.90. The second-order valence-electron chi connectivity index (χ2n) is 3.43. The Kier molecular flexibility index (Phi) is 3.05. The van der Waals surface area contributed by atoms with Crippen LogP contribution in [0.4, 0.5) is 0 Å². The SMILES string of the molecule is CCCN1CCOC(c2nn[nH]n2)C1. The van der Waals surface area contributed by atoms with Crippen molar-refractivity contribution in [3.63, 3.8) is 0 Å². The molecule has 1 aromatic heterocycles. The summed E-state index contributed by atoms with van der Waals surface area (Å²) in [6, 6.07) is 0. The molecule has 0 aromatic carbocycles. The number of tetrazole rings is 1. The third kappa shape index (κ3) is 2.08. The topological polar surface area (TPSA) is 66.9 Å². The minimum absolute atomic E-state index is 0.0194. The van der Waals surface area contributed by atoms with Crippen molar-refractivity contribution < 1.29 is 4.74 Å². The molecule has 1 N–H and O–H groups in total. The molecule has 0 aliphatic carbocycles. The maximum atomic E-state index is 5.57. The third-order valence-corrected chi connectivity index (χ3v) is 2.34. The van der Waals surface area contributed by atoms with E-state index in [0.717, 1.165) is 26.2 Å². The van der Waals surface area contributed by atoms with Crippen molar-refractivity contribution in [2.45, 2.75) is 19.4 Å². The van der Waals surface area contributed by atoms with Crippen LogP contribution in [0, 0.1) is 0 Å². The van der Waals surface area contributed by atoms with E-state index in [0.29, 0.717) is 5.82 Å². The van der Waals surface area contributed by atoms with Crippen molar-refractivity contribution in [3.05, 3.63) is 5.82 Å². The fourth-order valence-corrected chi connectivity index (χ4v) is 1.68. The smallest absolute Gasteiger partial charge is 0.204 e. The molecule has 1 saturated heterocycles. The number of hydrogen-bond donors (Lipinski definition) is 1. The number of aromatic amines is 1. The molecule has 1 atom stereocenters. The van der Waals surface area contributed by atoms with E-state index in [1.165, 1.54) is 6.42 Å². The van der Waals surface area contributed by atoms with Crippen LogP contribution >= 0.6 is 0 Å². The summed E-state index contributed by atoms with van der Waals surface area (Å²) in [6.45, 7) is 5.91. The lowest BCUT2D eigenvalue weighted by molar-refractivity contribution is -0.0341. The van der Waals surface area contributed by atoms with Gasteiger partial charge in [0, 0.05) is 13.1 Å². The van der Waals surface area contributed by atoms with Gasteiger partial charge in [-0.15, -0.1) is 10.2 Å². The molecule has 78 valence electrons. The second-order valence-corrected chi connectivity index (χ2v) is 3.43. The van der Waals surface area contributed by atoms with Gasteiger partial charge in [0.05, 0.1) is 6.61 Å². The van der Waals surface area contributed by atoms with Gasteiger partial charge >= 0.3 is 0 Å². The van der Waals surface area contributed by atoms with Crippen LogP contribution in [0.2, 0.25) is 0 Å². The number of rotatable bonds is 3. The fourth-order valence-electron chi connectivity index (χ4n) is 1.68. The monoisotopic (exact) mass is 197 g/mol. The highest BCUT2D eigenvalue weighted by Gasteiger charge is 2.24. The number of nitrogens with zero attached hydrogens (tertiary/aromatic N) is 4. The number of ether oxygens (including phenoxy) is 1. The Morgan fingerprint density at radius 3 is 3.29 bits per heavy atom. The Bertz CT molecular complexity index is 261. The summed E-state index contributed by atoms with van der Waals surface area (Å²) in [7, 11) is 0. The average molecular weight is 197 g/mol. The van der Waals surface area contributed by atoms with E-state index < -0.39 is 0 Å². The van der Waals surface area contributed by atoms with Crippen LogP contribution in [0.3, 0.4) is 0 Å². The molecule has 1 unspecified atom stereocenters. The van der Waals surface area contributed by atoms with E-state index in [-0.39, 0.29) is 6.10 Å². The Morgan fingerprint density at radius 2 is 2.57 bits per heavy atom. The van der Waals surface area contributed by atoms with Gasteiger partial charge in [-0.05, 0) is 13.0 Å². The molecule has 6 heteroatoms. The zero-order valence-electron chi connectivity index (χ0n) is 8.31. The van der Waals surface area contributed by atoms with Crippen LogP contribution in [-0.4, -0.2) is 51.8 Å². The van der Waals surface area contributed by atoms with Gasteiger partial charge in [0.2, 0.25) is 5.82 Å². The molecule has 0 spiro atoms. The first kappa shape index (κ1) is 9.54. The van der Waals surface area contributed by atoms with E-state index in [1.807, 2.05) is 0 Å². The molecule has 14 heavy (non-hydrogen) atoms. The molecular formula is C8H15N5O. The Labute approximate surface area is 82.6 Å². The molecule has 1 aromatic rings. The summed E-state index contributed by atoms with van der Waals surface area (Å²) >= 11 is 0. The van der Waals surface area contributed by atoms with E-state index in [2.05, 4.69) is 32.4 Å². The number of aromatic nitrogens is 4. The van der Waals surface area contributed by atoms with Crippen molar-refractivity contribution in [3.8, 4) is 0 Å². The summed E-state index contributed by atoms with van der Waals surface area (Å²) in [5.74, 6) is 0.658. The first-order valence-corrected chi connectivity index (χ1v) is 4.97. The van der Waals surface area contributed by atoms with Crippen LogP contribution in [0.15, 0.2) is 0 Å². The number of hydrogen-bond acceptors (Lipinski definition) is 5. The van der Waals surface area contributed by atoms with Crippen molar-refractivity contribution in [1.29, 1.82) is 0 Å². The van der Waals surface area contributed by atoms with E-state index in [9.17, 15) is 0 Å². The van der Waals surface area contributed by atoms with E-state index >= 15 is 0 Å². The summed E-state index contributed by atoms with van der Waals surface area (Å²) in [5, 5.41) is 13.8. The maximum absolute atomic E-state index is 5.57. The average Bonchev–Trinajstić information content (AvgIpc) is 2.71. The molecule has 1 aliphatic heterocycles. The van der Waals surface area contributed by atoms with Crippen molar-refractivity contribution in [2.75, 3.05) is 26.2 Å². The standard InChI is InChI=1S/C8H15N5O/c1-2-3-13-4-5-14-7(6-13)8-9-11-12-10-8/h7H,2-6H2,1H3,(H,9,10,11,12). The van der Waals surface area contributed by atoms with Crippen LogP contribution in [0.25, 0.3) is 0 Å². The highest BCUT2D eigenvalue weighted by atomic mass is 16.5. The Balaban J connectivity index is 1.94. The highest BCUT2D eigenvalue weighted by molar-refractivity contribution is 4.88. The van der Waals surface area contributed by atoms with Crippen LogP contribution in [0.1, 0.15) is 25.3 Å². The molecule has 0 amide bonds. The minimum atomic E-state index is -0.0194. The van der Waals surface area contributed by atoms with Crippen LogP contribution < -0.4 is 0 Å². The predicted molar refractivity (Wildman–Crippen MR) is 49.6 cm³/mol. The van der Waals surface area contributed by atoms with Gasteiger partial charge in [-0.2, -0.15) is 5.21 Å². The van der Waals surface area contributed by atoms with E-state index in [1.54, 1.807) is 0 Å². The summed E-state index contributed by atoms with van der Waals surface area (Å²) in [5.41, 5.74) is 0. The van der Waals surface area contributed by atoms with Crippen molar-refractivity contribution >= 4 is 0 Å². The largest absolute Gasteiger partial charge is 0.367 e.